The summed E-state index contributed by atoms with van der Waals surface area (Å²) in [6, 6.07) is 16.9. The van der Waals surface area contributed by atoms with Gasteiger partial charge in [-0.15, -0.1) is 0 Å². The number of ether oxygens (including phenoxy) is 2. The van der Waals surface area contributed by atoms with Crippen molar-refractivity contribution in [1.82, 2.24) is 10.9 Å². The largest absolute Gasteiger partial charge is 0.484 e. The second-order valence-electron chi connectivity index (χ2n) is 6.23. The van der Waals surface area contributed by atoms with Crippen LogP contribution in [0.1, 0.15) is 5.56 Å². The van der Waals surface area contributed by atoms with Crippen molar-refractivity contribution in [2.24, 2.45) is 0 Å². The van der Waals surface area contributed by atoms with Crippen molar-refractivity contribution in [1.29, 1.82) is 0 Å². The van der Waals surface area contributed by atoms with E-state index in [0.29, 0.717) is 11.5 Å². The first-order chi connectivity index (χ1) is 13.9. The second kappa shape index (κ2) is 9.76. The van der Waals surface area contributed by atoms with Crippen LogP contribution in [0.5, 0.6) is 11.5 Å². The maximum absolute atomic E-state index is 11.9. The number of hydrazine groups is 1. The van der Waals surface area contributed by atoms with Crippen LogP contribution in [-0.2, 0) is 9.59 Å². The van der Waals surface area contributed by atoms with Gasteiger partial charge in [0, 0.05) is 4.47 Å². The first kappa shape index (κ1) is 21.1. The van der Waals surface area contributed by atoms with Gasteiger partial charge in [0.25, 0.3) is 11.8 Å². The Morgan fingerprint density at radius 1 is 0.862 bits per heavy atom. The zero-order chi connectivity index (χ0) is 20.8. The summed E-state index contributed by atoms with van der Waals surface area (Å²) in [6.45, 7) is 1.50. The molecule has 0 aliphatic carbocycles. The highest BCUT2D eigenvalue weighted by Gasteiger charge is 2.10. The van der Waals surface area contributed by atoms with E-state index in [4.69, 9.17) is 9.47 Å². The molecule has 0 aromatic heterocycles. The molecule has 3 rings (SSSR count). The Kier molecular flexibility index (Phi) is 7.11. The number of carbonyl (C=O) groups excluding carboxylic acids is 2. The zero-order valence-corrected chi connectivity index (χ0v) is 18.7. The van der Waals surface area contributed by atoms with Crippen LogP contribution in [0.3, 0.4) is 0 Å². The van der Waals surface area contributed by atoms with Gasteiger partial charge in [0.15, 0.2) is 13.2 Å². The van der Waals surface area contributed by atoms with Gasteiger partial charge in [0.05, 0.1) is 4.47 Å². The van der Waals surface area contributed by atoms with Gasteiger partial charge in [-0.25, -0.2) is 0 Å². The number of fused-ring (bicyclic) bond motifs is 1. The van der Waals surface area contributed by atoms with E-state index in [-0.39, 0.29) is 13.2 Å². The van der Waals surface area contributed by atoms with Crippen LogP contribution in [0.25, 0.3) is 10.8 Å². The first-order valence-corrected chi connectivity index (χ1v) is 10.3. The fourth-order valence-corrected chi connectivity index (χ4v) is 3.48. The minimum atomic E-state index is -0.489. The number of aryl methyl sites for hydroxylation is 1. The smallest absolute Gasteiger partial charge is 0.276 e. The van der Waals surface area contributed by atoms with Crippen LogP contribution in [0.4, 0.5) is 0 Å². The van der Waals surface area contributed by atoms with E-state index in [2.05, 4.69) is 42.7 Å². The first-order valence-electron chi connectivity index (χ1n) is 8.70. The number of benzene rings is 3. The third kappa shape index (κ3) is 5.95. The summed E-state index contributed by atoms with van der Waals surface area (Å²) in [5.41, 5.74) is 5.68. The summed E-state index contributed by atoms with van der Waals surface area (Å²) in [5.74, 6) is 0.144. The molecule has 3 aromatic rings. The van der Waals surface area contributed by atoms with Gasteiger partial charge in [0.2, 0.25) is 0 Å². The van der Waals surface area contributed by atoms with Gasteiger partial charge in [-0.2, -0.15) is 0 Å². The van der Waals surface area contributed by atoms with E-state index < -0.39 is 11.8 Å². The molecule has 0 bridgehead atoms. The van der Waals surface area contributed by atoms with Crippen LogP contribution in [-0.4, -0.2) is 25.0 Å². The van der Waals surface area contributed by atoms with Crippen molar-refractivity contribution < 1.29 is 19.1 Å². The summed E-state index contributed by atoms with van der Waals surface area (Å²) < 4.78 is 12.6. The Morgan fingerprint density at radius 2 is 1.52 bits per heavy atom. The Bertz CT molecular complexity index is 1040. The SMILES string of the molecule is Cc1ccc(OCC(=O)NNC(=O)COc2ccc3cc(Br)ccc3c2Br)cc1. The van der Waals surface area contributed by atoms with Crippen molar-refractivity contribution in [3.63, 3.8) is 0 Å². The van der Waals surface area contributed by atoms with Gasteiger partial charge >= 0.3 is 0 Å². The molecule has 0 aliphatic heterocycles. The molecule has 6 nitrogen and oxygen atoms in total. The molecule has 29 heavy (non-hydrogen) atoms. The number of rotatable bonds is 6. The van der Waals surface area contributed by atoms with Gasteiger partial charge in [-0.1, -0.05) is 45.8 Å². The number of hydrogen-bond donors (Lipinski definition) is 2. The maximum Gasteiger partial charge on any atom is 0.276 e. The molecule has 0 aliphatic rings. The molecule has 0 spiro atoms. The van der Waals surface area contributed by atoms with E-state index in [1.807, 2.05) is 43.3 Å². The van der Waals surface area contributed by atoms with Crippen molar-refractivity contribution in [3.8, 4) is 11.5 Å². The van der Waals surface area contributed by atoms with Gasteiger partial charge < -0.3 is 9.47 Å². The maximum atomic E-state index is 11.9. The minimum Gasteiger partial charge on any atom is -0.484 e. The van der Waals surface area contributed by atoms with Crippen LogP contribution in [0.15, 0.2) is 63.5 Å². The van der Waals surface area contributed by atoms with Crippen molar-refractivity contribution in [2.45, 2.75) is 6.92 Å². The van der Waals surface area contributed by atoms with Gasteiger partial charge in [0.1, 0.15) is 11.5 Å². The van der Waals surface area contributed by atoms with Crippen LogP contribution >= 0.6 is 31.9 Å². The van der Waals surface area contributed by atoms with Crippen LogP contribution < -0.4 is 20.3 Å². The molecule has 0 saturated carbocycles. The van der Waals surface area contributed by atoms with Crippen LogP contribution in [0, 0.1) is 6.92 Å². The molecule has 0 unspecified atom stereocenters. The monoisotopic (exact) mass is 520 g/mol. The third-order valence-corrected chi connectivity index (χ3v) is 5.28. The zero-order valence-electron chi connectivity index (χ0n) is 15.5. The molecule has 0 fully saturated rings. The molecule has 3 aromatic carbocycles. The van der Waals surface area contributed by atoms with E-state index in [1.165, 1.54) is 0 Å². The minimum absolute atomic E-state index is 0.212. The molecule has 0 radical (unpaired) electrons. The molecule has 0 saturated heterocycles. The van der Waals surface area contributed by atoms with E-state index >= 15 is 0 Å². The van der Waals surface area contributed by atoms with Crippen molar-refractivity contribution >= 4 is 54.4 Å². The molecular weight excluding hydrogens is 504 g/mol. The topological polar surface area (TPSA) is 76.7 Å². The number of halogens is 2. The lowest BCUT2D eigenvalue weighted by atomic mass is 10.1. The number of nitrogens with one attached hydrogen (secondary N) is 2. The molecule has 0 atom stereocenters. The molecule has 2 amide bonds. The molecule has 8 heteroatoms. The quantitative estimate of drug-likeness (QED) is 0.475. The predicted molar refractivity (Wildman–Crippen MR) is 118 cm³/mol. The van der Waals surface area contributed by atoms with Gasteiger partial charge in [-0.3, -0.25) is 20.4 Å². The predicted octanol–water partition coefficient (Wildman–Crippen LogP) is 4.28. The number of carbonyl (C=O) groups is 2. The number of amides is 2. The Morgan fingerprint density at radius 3 is 2.21 bits per heavy atom. The molecular formula is C21H18Br2N2O4. The fourth-order valence-electron chi connectivity index (χ4n) is 2.49. The normalized spacial score (nSPS) is 10.4. The summed E-state index contributed by atoms with van der Waals surface area (Å²) in [5, 5.41) is 2.00. The van der Waals surface area contributed by atoms with E-state index in [0.717, 1.165) is 25.3 Å². The second-order valence-corrected chi connectivity index (χ2v) is 7.94. The lowest BCUT2D eigenvalue weighted by Gasteiger charge is -2.12. The fraction of sp³-hybridized carbons (Fsp3) is 0.143. The average Bonchev–Trinajstić information content (AvgIpc) is 2.71. The third-order valence-electron chi connectivity index (χ3n) is 3.97. The lowest BCUT2D eigenvalue weighted by molar-refractivity contribution is -0.131. The summed E-state index contributed by atoms with van der Waals surface area (Å²) in [7, 11) is 0. The molecule has 150 valence electrons. The van der Waals surface area contributed by atoms with E-state index in [9.17, 15) is 9.59 Å². The summed E-state index contributed by atoms with van der Waals surface area (Å²) in [6.07, 6.45) is 0. The molecule has 0 heterocycles. The lowest BCUT2D eigenvalue weighted by Crippen LogP contribution is -2.45. The Hall–Kier alpha value is -2.58. The Balaban J connectivity index is 1.45. The highest BCUT2D eigenvalue weighted by Crippen LogP contribution is 2.34. The van der Waals surface area contributed by atoms with Crippen molar-refractivity contribution in [3.05, 3.63) is 69.1 Å². The number of hydrogen-bond acceptors (Lipinski definition) is 4. The highest BCUT2D eigenvalue weighted by molar-refractivity contribution is 9.11. The highest BCUT2D eigenvalue weighted by atomic mass is 79.9. The van der Waals surface area contributed by atoms with Crippen molar-refractivity contribution in [2.75, 3.05) is 13.2 Å². The van der Waals surface area contributed by atoms with E-state index in [1.54, 1.807) is 18.2 Å². The van der Waals surface area contributed by atoms with Gasteiger partial charge in [-0.05, 0) is 64.0 Å². The average molecular weight is 522 g/mol. The summed E-state index contributed by atoms with van der Waals surface area (Å²) >= 11 is 6.95. The molecule has 2 N–H and O–H groups in total. The van der Waals surface area contributed by atoms with Crippen LogP contribution in [0.2, 0.25) is 0 Å². The summed E-state index contributed by atoms with van der Waals surface area (Å²) in [4.78, 5) is 23.7. The Labute approximate surface area is 184 Å². The standard InChI is InChI=1S/C21H18Br2N2O4/c1-13-2-6-16(7-3-13)28-11-19(26)24-25-20(27)12-29-18-9-4-14-10-15(22)5-8-17(14)21(18)23/h2-10H,11-12H2,1H3,(H,24,26)(H,25,27).